The highest BCUT2D eigenvalue weighted by molar-refractivity contribution is 5.98. The van der Waals surface area contributed by atoms with E-state index in [0.717, 1.165) is 35.3 Å². The van der Waals surface area contributed by atoms with E-state index < -0.39 is 95.6 Å². The first-order valence-electron chi connectivity index (χ1n) is 28.2. The quantitative estimate of drug-likeness (QED) is 0.0294. The average Bonchev–Trinajstić information content (AvgIpc) is 4.05. The first kappa shape index (κ1) is 62.9. The van der Waals surface area contributed by atoms with Crippen LogP contribution in [0.4, 0.5) is 4.79 Å². The van der Waals surface area contributed by atoms with Crippen LogP contribution >= 0.6 is 0 Å². The Labute approximate surface area is 479 Å². The molecule has 21 heteroatoms. The minimum absolute atomic E-state index is 0.0226. The van der Waals surface area contributed by atoms with E-state index in [9.17, 15) is 48.3 Å². The second-order valence-corrected chi connectivity index (χ2v) is 21.7. The lowest BCUT2D eigenvalue weighted by Crippen LogP contribution is -2.58. The normalized spacial score (nSPS) is 18.1. The van der Waals surface area contributed by atoms with Gasteiger partial charge in [0.25, 0.3) is 5.91 Å². The van der Waals surface area contributed by atoms with Gasteiger partial charge in [-0.15, -0.1) is 0 Å². The van der Waals surface area contributed by atoms with Crippen LogP contribution in [0.15, 0.2) is 84.9 Å². The van der Waals surface area contributed by atoms with Crippen LogP contribution in [0.2, 0.25) is 0 Å². The Balaban J connectivity index is 1.27. The first-order valence-corrected chi connectivity index (χ1v) is 28.2. The number of nitrogens with one attached hydrogen (secondary N) is 5. The van der Waals surface area contributed by atoms with Gasteiger partial charge >= 0.3 is 6.16 Å². The number of phenols is 1. The molecule has 440 valence electrons. The Bertz CT molecular complexity index is 2950. The van der Waals surface area contributed by atoms with Crippen LogP contribution in [0.1, 0.15) is 120 Å². The van der Waals surface area contributed by atoms with Crippen molar-refractivity contribution < 1.29 is 57.7 Å². The Kier molecular flexibility index (Phi) is 22.5. The molecule has 6 rings (SSSR count). The second kappa shape index (κ2) is 29.4. The Morgan fingerprint density at radius 2 is 1.54 bits per heavy atom. The topological polar surface area (TPSA) is 311 Å². The number of likely N-dealkylation sites (N-methyl/N-ethyl adjacent to an activating group) is 1. The summed E-state index contributed by atoms with van der Waals surface area (Å²) in [5.74, 6) is -6.71. The van der Waals surface area contributed by atoms with Gasteiger partial charge < -0.3 is 62.4 Å². The van der Waals surface area contributed by atoms with Gasteiger partial charge in [0.15, 0.2) is 0 Å². The Hall–Kier alpha value is -8.33. The summed E-state index contributed by atoms with van der Waals surface area (Å²) in [4.78, 5) is 127. The van der Waals surface area contributed by atoms with Crippen LogP contribution in [-0.4, -0.2) is 132 Å². The van der Waals surface area contributed by atoms with Gasteiger partial charge in [-0.05, 0) is 135 Å². The number of nitrogens with two attached hydrogens (primary N) is 2. The Morgan fingerprint density at radius 3 is 2.20 bits per heavy atom. The third-order valence-electron chi connectivity index (χ3n) is 14.6. The van der Waals surface area contributed by atoms with E-state index >= 15 is 0 Å². The van der Waals surface area contributed by atoms with Gasteiger partial charge in [-0.25, -0.2) is 4.79 Å². The largest absolute Gasteiger partial charge is 0.513 e. The number of nitrogens with zero attached hydrogens (tertiary/aromatic N) is 2. The summed E-state index contributed by atoms with van der Waals surface area (Å²) >= 11 is 0. The molecule has 2 heterocycles. The van der Waals surface area contributed by atoms with E-state index in [1.165, 1.54) is 67.8 Å². The maximum atomic E-state index is 14.9. The van der Waals surface area contributed by atoms with Gasteiger partial charge in [0.05, 0.1) is 12.5 Å². The van der Waals surface area contributed by atoms with Crippen LogP contribution in [0.25, 0.3) is 22.3 Å². The van der Waals surface area contributed by atoms with Crippen molar-refractivity contribution in [3.63, 3.8) is 0 Å². The number of aryl methyl sites for hydroxylation is 1. The third-order valence-corrected chi connectivity index (χ3v) is 14.6. The monoisotopic (exact) mass is 1130 g/mol. The summed E-state index contributed by atoms with van der Waals surface area (Å²) in [6.07, 6.45) is 3.85. The number of unbranched alkanes of at least 4 members (excludes halogenated alkanes) is 2. The number of primary amides is 1. The number of amides is 8. The molecular weight excluding hydrogens is 1050 g/mol. The molecule has 82 heavy (non-hydrogen) atoms. The van der Waals surface area contributed by atoms with Crippen molar-refractivity contribution in [3.8, 4) is 33.8 Å². The number of fused-ring (bicyclic) bond motifs is 5. The molecule has 0 radical (unpaired) electrons. The lowest BCUT2D eigenvalue weighted by molar-refractivity contribution is -0.143. The number of carbonyl (C=O) groups is 9. The summed E-state index contributed by atoms with van der Waals surface area (Å²) in [7, 11) is 1.35. The number of benzene rings is 4. The molecule has 0 aliphatic carbocycles. The van der Waals surface area contributed by atoms with Crippen molar-refractivity contribution in [2.75, 3.05) is 33.3 Å². The predicted molar refractivity (Wildman–Crippen MR) is 307 cm³/mol. The number of ether oxygens (including phenoxy) is 2. The zero-order valence-electron chi connectivity index (χ0n) is 47.9. The lowest BCUT2D eigenvalue weighted by Gasteiger charge is -2.33. The van der Waals surface area contributed by atoms with Crippen LogP contribution in [-0.2, 0) is 51.1 Å². The molecule has 0 spiro atoms. The molecule has 1 fully saturated rings. The van der Waals surface area contributed by atoms with E-state index in [0.29, 0.717) is 43.4 Å². The zero-order valence-corrected chi connectivity index (χ0v) is 47.9. The van der Waals surface area contributed by atoms with Gasteiger partial charge in [0, 0.05) is 43.2 Å². The minimum atomic E-state index is -1.56. The van der Waals surface area contributed by atoms with Gasteiger partial charge in [-0.2, -0.15) is 0 Å². The highest BCUT2D eigenvalue weighted by Crippen LogP contribution is 2.40. The van der Waals surface area contributed by atoms with Crippen molar-refractivity contribution in [3.05, 3.63) is 107 Å². The van der Waals surface area contributed by atoms with Crippen LogP contribution in [0.3, 0.4) is 0 Å². The van der Waals surface area contributed by atoms with E-state index in [-0.39, 0.29) is 66.6 Å². The molecule has 8 amide bonds. The van der Waals surface area contributed by atoms with E-state index in [1.54, 1.807) is 19.1 Å². The molecule has 7 atom stereocenters. The van der Waals surface area contributed by atoms with E-state index in [1.807, 2.05) is 26.0 Å². The molecule has 4 bridgehead atoms. The summed E-state index contributed by atoms with van der Waals surface area (Å²) in [5, 5.41) is 25.3. The number of hydrogen-bond acceptors (Lipinski definition) is 13. The molecule has 4 aromatic carbocycles. The number of rotatable bonds is 22. The lowest BCUT2D eigenvalue weighted by atomic mass is 9.93. The molecule has 0 unspecified atom stereocenters. The van der Waals surface area contributed by atoms with Gasteiger partial charge in [-0.1, -0.05) is 82.6 Å². The number of likely N-dealkylation sites (tertiary alicyclic amines) is 1. The first-order chi connectivity index (χ1) is 39.1. The molecular formula is C61H79N9O12. The fraction of sp³-hybridized carbons (Fsp3) is 0.459. The summed E-state index contributed by atoms with van der Waals surface area (Å²) in [6, 6.07) is 16.5. The number of aromatic hydroxyl groups is 1. The molecule has 0 saturated carbocycles. The third kappa shape index (κ3) is 16.6. The average molecular weight is 1130 g/mol. The highest BCUT2D eigenvalue weighted by atomic mass is 16.7. The van der Waals surface area contributed by atoms with Crippen LogP contribution in [0.5, 0.6) is 11.5 Å². The van der Waals surface area contributed by atoms with E-state index in [2.05, 4.69) is 57.8 Å². The molecule has 4 aromatic rings. The zero-order chi connectivity index (χ0) is 59.8. The van der Waals surface area contributed by atoms with Crippen molar-refractivity contribution in [1.29, 1.82) is 0 Å². The summed E-state index contributed by atoms with van der Waals surface area (Å²) in [5.41, 5.74) is 15.7. The van der Waals surface area contributed by atoms with E-state index in [4.69, 9.17) is 20.9 Å². The maximum absolute atomic E-state index is 14.9. The van der Waals surface area contributed by atoms with Gasteiger partial charge in [-0.3, -0.25) is 38.4 Å². The second-order valence-electron chi connectivity index (χ2n) is 21.7. The SMILES string of the molecule is CCCCc1ccc(-c2ccc(C(=O)NC[C@@H](C)C(=O)N[C@@H](CCCCN)C(=O)N(C)[C@@H]3C(=O)N[C@@H](C)C(=O)N[C@H](C(=O)N[C@@H](C)C(=O)N4CCC[C@H]4C(N)=O)Cc4ccc(OC(=O)OCC(C)C)c(c4)-c4cc3ccc4O)cc2)cc1. The number of hydrogen-bond donors (Lipinski definition) is 8. The maximum Gasteiger partial charge on any atom is 0.513 e. The molecule has 1 saturated heterocycles. The standard InChI is InChI=1S/C61H79N9O12/c1-8-9-13-39-16-19-41(20-17-39)42-21-23-43(24-22-42)56(75)64-33-36(4)54(73)67-47(14-10-11-28-62)60(79)69(7)52-44-25-26-50(71)45(32-44)46-30-40(18-27-51(46)82-61(80)81-34-35(2)3)31-48(68-55(74)37(5)65-58(52)77)57(76)66-38(6)59(78)70-29-12-15-49(70)53(63)72/h16-27,30,32,35-38,47-49,52,71H,8-15,28-29,31,33-34,62H2,1-7H3,(H2,63,72)(H,64,75)(H,65,77)(H,66,76)(H,67,73)(H,68,74)/t36-,37+,38+,47+,48+,49+,52+/m1/s1. The predicted octanol–water partition coefficient (Wildman–Crippen LogP) is 4.95. The highest BCUT2D eigenvalue weighted by Gasteiger charge is 2.39. The smallest absolute Gasteiger partial charge is 0.507 e. The Morgan fingerprint density at radius 1 is 0.841 bits per heavy atom. The van der Waals surface area contributed by atoms with Gasteiger partial charge in [0.2, 0.25) is 41.4 Å². The molecule has 10 N–H and O–H groups in total. The van der Waals surface area contributed by atoms with Crippen molar-refractivity contribution in [1.82, 2.24) is 36.4 Å². The minimum Gasteiger partial charge on any atom is -0.507 e. The van der Waals surface area contributed by atoms with Crippen LogP contribution in [0, 0.1) is 11.8 Å². The van der Waals surface area contributed by atoms with Gasteiger partial charge in [0.1, 0.15) is 47.8 Å². The van der Waals surface area contributed by atoms with Crippen molar-refractivity contribution >= 4 is 53.4 Å². The molecule has 21 nitrogen and oxygen atoms in total. The number of phenolic OH excluding ortho intramolecular Hbond substituents is 1. The van der Waals surface area contributed by atoms with Crippen molar-refractivity contribution in [2.45, 2.75) is 136 Å². The fourth-order valence-corrected chi connectivity index (χ4v) is 9.83. The van der Waals surface area contributed by atoms with Crippen LogP contribution < -0.4 is 42.8 Å². The number of carbonyl (C=O) groups excluding carboxylic acids is 9. The molecule has 2 aliphatic heterocycles. The molecule has 2 aliphatic rings. The van der Waals surface area contributed by atoms with Crippen molar-refractivity contribution in [2.24, 2.45) is 23.3 Å². The summed E-state index contributed by atoms with van der Waals surface area (Å²) < 4.78 is 11.0. The fourth-order valence-electron chi connectivity index (χ4n) is 9.83. The molecule has 0 aromatic heterocycles. The summed E-state index contributed by atoms with van der Waals surface area (Å²) in [6.45, 7) is 10.7.